The van der Waals surface area contributed by atoms with Crippen molar-refractivity contribution in [1.29, 1.82) is 5.26 Å². The van der Waals surface area contributed by atoms with E-state index in [9.17, 15) is 13.2 Å². The average Bonchev–Trinajstić information content (AvgIpc) is 2.59. The number of hydrazine groups is 1. The summed E-state index contributed by atoms with van der Waals surface area (Å²) >= 11 is 0. The lowest BCUT2D eigenvalue weighted by molar-refractivity contribution is 0.0933. The molecule has 2 N–H and O–H groups in total. The Bertz CT molecular complexity index is 887. The van der Waals surface area contributed by atoms with Crippen molar-refractivity contribution >= 4 is 16.0 Å². The topological polar surface area (TPSA) is 108 Å². The number of carbonyl (C=O) groups is 1. The molecule has 0 aliphatic rings. The number of rotatable bonds is 7. The monoisotopic (exact) mass is 359 g/mol. The van der Waals surface area contributed by atoms with Gasteiger partial charge in [0.15, 0.2) is 0 Å². The third-order valence-corrected chi connectivity index (χ3v) is 4.44. The lowest BCUT2D eigenvalue weighted by Crippen LogP contribution is -2.37. The quantitative estimate of drug-likeness (QED) is 0.444. The fraction of sp³-hybridized carbons (Fsp3) is 0.176. The molecule has 0 spiro atoms. The minimum atomic E-state index is -3.98. The molecule has 7 nitrogen and oxygen atoms in total. The average molecular weight is 359 g/mol. The number of aryl methyl sites for hydroxylation is 1. The highest BCUT2D eigenvalue weighted by atomic mass is 32.2. The van der Waals surface area contributed by atoms with Crippen LogP contribution in [-0.2, 0) is 10.1 Å². The van der Waals surface area contributed by atoms with Gasteiger partial charge in [-0.15, -0.1) is 0 Å². The zero-order valence-corrected chi connectivity index (χ0v) is 14.3. The van der Waals surface area contributed by atoms with Crippen molar-refractivity contribution in [2.75, 3.05) is 6.54 Å². The molecule has 0 aromatic heterocycles. The number of nitriles is 1. The Hall–Kier alpha value is -2.89. The highest BCUT2D eigenvalue weighted by Crippen LogP contribution is 2.20. The van der Waals surface area contributed by atoms with Gasteiger partial charge in [0.25, 0.3) is 5.91 Å². The van der Waals surface area contributed by atoms with Crippen LogP contribution in [0.4, 0.5) is 0 Å². The first-order chi connectivity index (χ1) is 11.9. The Morgan fingerprint density at radius 1 is 1.20 bits per heavy atom. The summed E-state index contributed by atoms with van der Waals surface area (Å²) in [5, 5.41) is 8.43. The molecule has 2 aromatic carbocycles. The molecule has 130 valence electrons. The smallest absolute Gasteiger partial charge is 0.339 e. The number of benzene rings is 2. The fourth-order valence-corrected chi connectivity index (χ4v) is 2.82. The maximum atomic E-state index is 12.3. The lowest BCUT2D eigenvalue weighted by Gasteiger charge is -2.09. The zero-order chi connectivity index (χ0) is 18.3. The molecule has 0 fully saturated rings. The highest BCUT2D eigenvalue weighted by Gasteiger charge is 2.17. The summed E-state index contributed by atoms with van der Waals surface area (Å²) in [4.78, 5) is 12.0. The van der Waals surface area contributed by atoms with Gasteiger partial charge in [0.05, 0.1) is 6.07 Å². The molecule has 2 rings (SSSR count). The van der Waals surface area contributed by atoms with Crippen molar-refractivity contribution in [2.45, 2.75) is 18.2 Å². The van der Waals surface area contributed by atoms with Crippen LogP contribution in [-0.4, -0.2) is 20.9 Å². The number of hydrogen-bond donors (Lipinski definition) is 2. The normalized spacial score (nSPS) is 10.7. The molecule has 0 radical (unpaired) electrons. The van der Waals surface area contributed by atoms with Gasteiger partial charge in [0, 0.05) is 18.5 Å². The molecular formula is C17H17N3O4S. The first kappa shape index (κ1) is 18.4. The van der Waals surface area contributed by atoms with Crippen LogP contribution in [0.3, 0.4) is 0 Å². The lowest BCUT2D eigenvalue weighted by atomic mass is 10.2. The van der Waals surface area contributed by atoms with E-state index in [2.05, 4.69) is 10.9 Å². The van der Waals surface area contributed by atoms with Crippen molar-refractivity contribution < 1.29 is 17.4 Å². The van der Waals surface area contributed by atoms with Gasteiger partial charge in [0.1, 0.15) is 10.6 Å². The fourth-order valence-electron chi connectivity index (χ4n) is 1.90. The van der Waals surface area contributed by atoms with E-state index in [1.54, 1.807) is 12.1 Å². The van der Waals surface area contributed by atoms with E-state index >= 15 is 0 Å². The maximum Gasteiger partial charge on any atom is 0.339 e. The molecule has 25 heavy (non-hydrogen) atoms. The van der Waals surface area contributed by atoms with E-state index in [1.807, 2.05) is 13.0 Å². The molecule has 0 unspecified atom stereocenters. The predicted molar refractivity (Wildman–Crippen MR) is 91.1 cm³/mol. The third kappa shape index (κ3) is 5.31. The number of nitrogens with one attached hydrogen (secondary N) is 2. The van der Waals surface area contributed by atoms with E-state index in [-0.39, 0.29) is 22.6 Å². The van der Waals surface area contributed by atoms with Crippen molar-refractivity contribution in [1.82, 2.24) is 10.9 Å². The molecule has 0 atom stereocenters. The zero-order valence-electron chi connectivity index (χ0n) is 13.5. The molecule has 0 bridgehead atoms. The largest absolute Gasteiger partial charge is 0.379 e. The van der Waals surface area contributed by atoms with Crippen LogP contribution >= 0.6 is 0 Å². The van der Waals surface area contributed by atoms with Crippen LogP contribution in [0.1, 0.15) is 22.3 Å². The molecule has 2 aromatic rings. The summed E-state index contributed by atoms with van der Waals surface area (Å²) in [5.41, 5.74) is 6.17. The van der Waals surface area contributed by atoms with Crippen LogP contribution in [0.5, 0.6) is 5.75 Å². The van der Waals surface area contributed by atoms with Crippen molar-refractivity contribution in [2.24, 2.45) is 0 Å². The van der Waals surface area contributed by atoms with Gasteiger partial charge in [-0.3, -0.25) is 10.2 Å². The van der Waals surface area contributed by atoms with Gasteiger partial charge in [0.2, 0.25) is 0 Å². The van der Waals surface area contributed by atoms with Crippen LogP contribution < -0.4 is 15.0 Å². The number of hydrogen-bond acceptors (Lipinski definition) is 6. The summed E-state index contributed by atoms with van der Waals surface area (Å²) < 4.78 is 29.6. The van der Waals surface area contributed by atoms with Crippen LogP contribution in [0.2, 0.25) is 0 Å². The first-order valence-corrected chi connectivity index (χ1v) is 8.84. The maximum absolute atomic E-state index is 12.3. The van der Waals surface area contributed by atoms with Gasteiger partial charge in [-0.25, -0.2) is 5.43 Å². The molecule has 0 saturated heterocycles. The van der Waals surface area contributed by atoms with Crippen LogP contribution in [0.15, 0.2) is 53.4 Å². The minimum absolute atomic E-state index is 0.0326. The van der Waals surface area contributed by atoms with E-state index < -0.39 is 16.0 Å². The van der Waals surface area contributed by atoms with Gasteiger partial charge < -0.3 is 4.18 Å². The van der Waals surface area contributed by atoms with E-state index in [0.29, 0.717) is 6.54 Å². The standard InChI is InChI=1S/C17H17N3O4S/c1-13-6-8-16(9-7-13)25(22,23)24-15-5-2-4-14(12-15)17(21)20-19-11-3-10-18/h2,4-9,12,19H,3,11H2,1H3,(H,20,21). The molecular weight excluding hydrogens is 342 g/mol. The van der Waals surface area contributed by atoms with E-state index in [4.69, 9.17) is 9.44 Å². The van der Waals surface area contributed by atoms with Gasteiger partial charge in [-0.2, -0.15) is 13.7 Å². The second kappa shape index (κ2) is 8.28. The molecule has 0 heterocycles. The van der Waals surface area contributed by atoms with Gasteiger partial charge in [-0.1, -0.05) is 23.8 Å². The van der Waals surface area contributed by atoms with Crippen molar-refractivity contribution in [3.05, 3.63) is 59.7 Å². The summed E-state index contributed by atoms with van der Waals surface area (Å²) in [6.07, 6.45) is 0.248. The number of amides is 1. The predicted octanol–water partition coefficient (Wildman–Crippen LogP) is 1.91. The van der Waals surface area contributed by atoms with Crippen molar-refractivity contribution in [3.63, 3.8) is 0 Å². The van der Waals surface area contributed by atoms with Gasteiger partial charge in [-0.05, 0) is 37.3 Å². The van der Waals surface area contributed by atoms with Crippen molar-refractivity contribution in [3.8, 4) is 11.8 Å². The van der Waals surface area contributed by atoms with Crippen LogP contribution in [0, 0.1) is 18.3 Å². The Labute approximate surface area is 146 Å². The Morgan fingerprint density at radius 3 is 2.60 bits per heavy atom. The number of nitrogens with zero attached hydrogens (tertiary/aromatic N) is 1. The SMILES string of the molecule is Cc1ccc(S(=O)(=O)Oc2cccc(C(=O)NNCCC#N)c2)cc1. The Balaban J connectivity index is 2.09. The second-order valence-electron chi connectivity index (χ2n) is 5.17. The molecule has 8 heteroatoms. The molecule has 0 aliphatic heterocycles. The second-order valence-corrected chi connectivity index (χ2v) is 6.71. The molecule has 0 aliphatic carbocycles. The highest BCUT2D eigenvalue weighted by molar-refractivity contribution is 7.87. The summed E-state index contributed by atoms with van der Waals surface area (Å²) in [6, 6.07) is 14.0. The Morgan fingerprint density at radius 2 is 1.92 bits per heavy atom. The van der Waals surface area contributed by atoms with Gasteiger partial charge >= 0.3 is 10.1 Å². The first-order valence-electron chi connectivity index (χ1n) is 7.44. The summed E-state index contributed by atoms with van der Waals surface area (Å²) in [7, 11) is -3.98. The Kier molecular flexibility index (Phi) is 6.11. The third-order valence-electron chi connectivity index (χ3n) is 3.18. The number of carbonyl (C=O) groups excluding carboxylic acids is 1. The van der Waals surface area contributed by atoms with E-state index in [1.165, 1.54) is 36.4 Å². The minimum Gasteiger partial charge on any atom is -0.379 e. The van der Waals surface area contributed by atoms with Crippen LogP contribution in [0.25, 0.3) is 0 Å². The van der Waals surface area contributed by atoms with E-state index in [0.717, 1.165) is 5.56 Å². The summed E-state index contributed by atoms with van der Waals surface area (Å²) in [5.74, 6) is -0.429. The molecule has 0 saturated carbocycles. The molecule has 1 amide bonds. The summed E-state index contributed by atoms with van der Waals surface area (Å²) in [6.45, 7) is 2.16.